The second-order valence-electron chi connectivity index (χ2n) is 9.96. The maximum absolute atomic E-state index is 14.2. The molecule has 1 aliphatic heterocycles. The first-order valence-corrected chi connectivity index (χ1v) is 14.4. The molecule has 12 heteroatoms. The molecule has 2 aromatic carbocycles. The Kier molecular flexibility index (Phi) is 10.4. The molecule has 3 N–H and O–H groups in total. The average Bonchev–Trinajstić information content (AvgIpc) is 3.00. The predicted molar refractivity (Wildman–Crippen MR) is 151 cm³/mol. The smallest absolute Gasteiger partial charge is 0.330 e. The van der Waals surface area contributed by atoms with E-state index in [-0.39, 0.29) is 30.1 Å². The van der Waals surface area contributed by atoms with Gasteiger partial charge in [0.25, 0.3) is 0 Å². The fraction of sp³-hybridized carbons (Fsp3) is 0.414. The molecule has 1 heterocycles. The minimum absolute atomic E-state index is 0.137. The molecule has 218 valence electrons. The van der Waals surface area contributed by atoms with E-state index in [0.29, 0.717) is 17.8 Å². The quantitative estimate of drug-likeness (QED) is 0.148. The first kappa shape index (κ1) is 30.6. The Morgan fingerprint density at radius 1 is 1.17 bits per heavy atom. The van der Waals surface area contributed by atoms with Crippen molar-refractivity contribution in [3.8, 4) is 6.07 Å². The predicted octanol–water partition coefficient (Wildman–Crippen LogP) is 4.96. The Hall–Kier alpha value is -3.37. The third-order valence-corrected chi connectivity index (χ3v) is 8.17. The largest absolute Gasteiger partial charge is 0.336 e. The van der Waals surface area contributed by atoms with E-state index in [9.17, 15) is 23.6 Å². The van der Waals surface area contributed by atoms with Crippen LogP contribution in [0.1, 0.15) is 42.9 Å². The number of benzene rings is 2. The lowest BCUT2D eigenvalue weighted by Gasteiger charge is -2.37. The Morgan fingerprint density at radius 3 is 2.54 bits per heavy atom. The number of nitrogens with zero attached hydrogens (tertiary/aromatic N) is 2. The third kappa shape index (κ3) is 6.93. The summed E-state index contributed by atoms with van der Waals surface area (Å²) in [5.41, 5.74) is 1.60. The number of rotatable bonds is 10. The van der Waals surface area contributed by atoms with Crippen LogP contribution in [0.2, 0.25) is 0 Å². The maximum Gasteiger partial charge on any atom is 0.330 e. The minimum Gasteiger partial charge on any atom is -0.336 e. The highest BCUT2D eigenvalue weighted by Gasteiger charge is 2.40. The molecule has 0 saturated heterocycles. The van der Waals surface area contributed by atoms with Gasteiger partial charge in [0, 0.05) is 35.7 Å². The minimum atomic E-state index is -1.11. The van der Waals surface area contributed by atoms with Crippen LogP contribution in [0.15, 0.2) is 59.8 Å². The molecule has 1 unspecified atom stereocenters. The molecule has 2 aliphatic rings. The van der Waals surface area contributed by atoms with Gasteiger partial charge in [0.1, 0.15) is 6.61 Å². The molecule has 41 heavy (non-hydrogen) atoms. The summed E-state index contributed by atoms with van der Waals surface area (Å²) < 4.78 is 27.9. The van der Waals surface area contributed by atoms with Crippen LogP contribution in [0.25, 0.3) is 0 Å². The number of nitriles is 1. The number of imide groups is 1. The molecule has 1 fully saturated rings. The van der Waals surface area contributed by atoms with E-state index in [2.05, 4.69) is 37.9 Å². The van der Waals surface area contributed by atoms with Gasteiger partial charge in [0.05, 0.1) is 24.6 Å². The van der Waals surface area contributed by atoms with Gasteiger partial charge in [0.15, 0.2) is 11.6 Å². The number of alkyl halides is 1. The summed E-state index contributed by atoms with van der Waals surface area (Å²) in [6, 6.07) is 13.3. The molecule has 2 aromatic rings. The normalized spacial score (nSPS) is 22.7. The van der Waals surface area contributed by atoms with Crippen LogP contribution < -0.4 is 16.0 Å². The standard InChI is InChI=1S/C29H32BrF2N5O4/c1-40-41-17-22-25(16-30)36-28(39)37(26(22)19-7-8-23(31)24(32)15-19)27(38)35-14-13-34-21-9-11-29(18-33,12-10-21)20-5-3-2-4-6-20/h2-8,15,21,26,34H,9-14,16-17H2,1H3,(H,35,38)(H,36,39). The lowest BCUT2D eigenvalue weighted by Crippen LogP contribution is -2.55. The first-order chi connectivity index (χ1) is 19.8. The Labute approximate surface area is 245 Å². The van der Waals surface area contributed by atoms with E-state index in [1.807, 2.05) is 30.3 Å². The fourth-order valence-electron chi connectivity index (χ4n) is 5.43. The molecule has 0 spiro atoms. The van der Waals surface area contributed by atoms with Gasteiger partial charge in [-0.1, -0.05) is 52.3 Å². The molecule has 1 aliphatic carbocycles. The zero-order valence-electron chi connectivity index (χ0n) is 22.6. The van der Waals surface area contributed by atoms with Crippen LogP contribution in [0.4, 0.5) is 18.4 Å². The highest BCUT2D eigenvalue weighted by molar-refractivity contribution is 9.09. The van der Waals surface area contributed by atoms with Gasteiger partial charge in [-0.2, -0.15) is 5.26 Å². The van der Waals surface area contributed by atoms with Gasteiger partial charge in [-0.05, 0) is 48.9 Å². The molecule has 4 amide bonds. The van der Waals surface area contributed by atoms with Gasteiger partial charge >= 0.3 is 12.1 Å². The van der Waals surface area contributed by atoms with Gasteiger partial charge in [-0.25, -0.2) is 33.0 Å². The van der Waals surface area contributed by atoms with E-state index in [4.69, 9.17) is 9.78 Å². The van der Waals surface area contributed by atoms with Crippen molar-refractivity contribution in [1.29, 1.82) is 5.26 Å². The van der Waals surface area contributed by atoms with Crippen LogP contribution in [-0.4, -0.2) is 55.1 Å². The van der Waals surface area contributed by atoms with E-state index in [1.54, 1.807) is 0 Å². The molecule has 4 rings (SSSR count). The summed E-state index contributed by atoms with van der Waals surface area (Å²) in [4.78, 5) is 37.1. The maximum atomic E-state index is 14.2. The number of halogens is 3. The van der Waals surface area contributed by atoms with Crippen LogP contribution in [-0.2, 0) is 15.2 Å². The zero-order valence-corrected chi connectivity index (χ0v) is 24.2. The van der Waals surface area contributed by atoms with Gasteiger partial charge in [-0.15, -0.1) is 0 Å². The third-order valence-electron chi connectivity index (χ3n) is 7.61. The van der Waals surface area contributed by atoms with E-state index in [1.165, 1.54) is 13.2 Å². The molecule has 0 aromatic heterocycles. The molecule has 9 nitrogen and oxygen atoms in total. The molecule has 0 bridgehead atoms. The number of carbonyl (C=O) groups is 2. The average molecular weight is 633 g/mol. The topological polar surface area (TPSA) is 116 Å². The fourth-order valence-corrected chi connectivity index (χ4v) is 5.93. The number of amides is 4. The lowest BCUT2D eigenvalue weighted by molar-refractivity contribution is -0.266. The van der Waals surface area contributed by atoms with Crippen molar-refractivity contribution in [3.63, 3.8) is 0 Å². The van der Waals surface area contributed by atoms with Crippen molar-refractivity contribution in [2.24, 2.45) is 0 Å². The number of nitrogens with one attached hydrogen (secondary N) is 3. The van der Waals surface area contributed by atoms with Crippen molar-refractivity contribution in [2.75, 3.05) is 32.1 Å². The lowest BCUT2D eigenvalue weighted by atomic mass is 9.69. The second-order valence-corrected chi connectivity index (χ2v) is 10.5. The van der Waals surface area contributed by atoms with Crippen LogP contribution in [0.3, 0.4) is 0 Å². The SMILES string of the molecule is COOCC1=C(CBr)NC(=O)N(C(=O)NCCNC2CCC(C#N)(c3ccccc3)CC2)C1c1ccc(F)c(F)c1. The number of hydrogen-bond acceptors (Lipinski definition) is 6. The number of allylic oxidation sites excluding steroid dienone is 1. The summed E-state index contributed by atoms with van der Waals surface area (Å²) in [6.45, 7) is 0.515. The molecular weight excluding hydrogens is 600 g/mol. The Morgan fingerprint density at radius 2 is 1.90 bits per heavy atom. The second kappa shape index (κ2) is 14.0. The number of hydrogen-bond donors (Lipinski definition) is 3. The van der Waals surface area contributed by atoms with Crippen molar-refractivity contribution < 1.29 is 28.1 Å². The highest BCUT2D eigenvalue weighted by atomic mass is 79.9. The molecule has 0 radical (unpaired) electrons. The summed E-state index contributed by atoms with van der Waals surface area (Å²) in [7, 11) is 1.31. The van der Waals surface area contributed by atoms with Gasteiger partial charge in [0.2, 0.25) is 0 Å². The van der Waals surface area contributed by atoms with Gasteiger partial charge in [-0.3, -0.25) is 0 Å². The highest BCUT2D eigenvalue weighted by Crippen LogP contribution is 2.39. The van der Waals surface area contributed by atoms with Crippen LogP contribution in [0.5, 0.6) is 0 Å². The Balaban J connectivity index is 1.40. The van der Waals surface area contributed by atoms with E-state index >= 15 is 0 Å². The van der Waals surface area contributed by atoms with Crippen molar-refractivity contribution in [2.45, 2.75) is 43.2 Å². The van der Waals surface area contributed by atoms with Crippen molar-refractivity contribution in [3.05, 3.63) is 82.6 Å². The summed E-state index contributed by atoms with van der Waals surface area (Å²) in [5, 5.41) is 19.0. The summed E-state index contributed by atoms with van der Waals surface area (Å²) >= 11 is 3.32. The van der Waals surface area contributed by atoms with Crippen LogP contribution >= 0.6 is 15.9 Å². The Bertz CT molecular complexity index is 1310. The summed E-state index contributed by atoms with van der Waals surface area (Å²) in [6.07, 6.45) is 3.09. The first-order valence-electron chi connectivity index (χ1n) is 13.3. The monoisotopic (exact) mass is 631 g/mol. The molecular formula is C29H32BrF2N5O4. The molecule has 1 saturated carbocycles. The van der Waals surface area contributed by atoms with Gasteiger partial charge < -0.3 is 16.0 Å². The zero-order chi connectivity index (χ0) is 29.4. The van der Waals surface area contributed by atoms with E-state index < -0.39 is 35.2 Å². The molecule has 1 atom stereocenters. The van der Waals surface area contributed by atoms with Crippen molar-refractivity contribution in [1.82, 2.24) is 20.9 Å². The number of carbonyl (C=O) groups excluding carboxylic acids is 2. The number of urea groups is 2. The van der Waals surface area contributed by atoms with Crippen LogP contribution in [0, 0.1) is 23.0 Å². The van der Waals surface area contributed by atoms with E-state index in [0.717, 1.165) is 48.3 Å². The summed E-state index contributed by atoms with van der Waals surface area (Å²) in [5.74, 6) is -2.15. The van der Waals surface area contributed by atoms with Crippen molar-refractivity contribution >= 4 is 28.0 Å².